The van der Waals surface area contributed by atoms with Crippen LogP contribution in [0, 0.1) is 11.3 Å². The molecule has 1 heterocycles. The average molecular weight is 233 g/mol. The maximum Gasteiger partial charge on any atom is 0.140 e. The highest BCUT2D eigenvalue weighted by atomic mass is 35.5. The van der Waals surface area contributed by atoms with Crippen LogP contribution < -0.4 is 5.73 Å². The largest absolute Gasteiger partial charge is 0.383 e. The maximum atomic E-state index is 9.04. The van der Waals surface area contributed by atoms with Crippen molar-refractivity contribution in [3.05, 3.63) is 34.9 Å². The van der Waals surface area contributed by atoms with E-state index >= 15 is 0 Å². The van der Waals surface area contributed by atoms with Crippen LogP contribution in [0.3, 0.4) is 0 Å². The molecule has 0 aliphatic carbocycles. The van der Waals surface area contributed by atoms with Crippen LogP contribution in [-0.2, 0) is 7.05 Å². The molecule has 0 atom stereocenters. The van der Waals surface area contributed by atoms with Gasteiger partial charge in [-0.3, -0.25) is 4.68 Å². The molecule has 0 unspecified atom stereocenters. The van der Waals surface area contributed by atoms with Gasteiger partial charge in [0, 0.05) is 12.6 Å². The topological polar surface area (TPSA) is 67.6 Å². The number of hydrogen-bond acceptors (Lipinski definition) is 3. The second-order valence-electron chi connectivity index (χ2n) is 3.32. The molecule has 1 aromatic carbocycles. The van der Waals surface area contributed by atoms with Crippen molar-refractivity contribution in [2.75, 3.05) is 5.73 Å². The number of aryl methyl sites for hydroxylation is 1. The van der Waals surface area contributed by atoms with Gasteiger partial charge in [-0.2, -0.15) is 10.4 Å². The number of anilines is 1. The Morgan fingerprint density at radius 1 is 1.44 bits per heavy atom. The van der Waals surface area contributed by atoms with Crippen molar-refractivity contribution in [3.63, 3.8) is 0 Å². The third kappa shape index (κ3) is 1.51. The molecule has 0 spiro atoms. The van der Waals surface area contributed by atoms with E-state index in [9.17, 15) is 0 Å². The summed E-state index contributed by atoms with van der Waals surface area (Å²) in [7, 11) is 1.69. The van der Waals surface area contributed by atoms with Gasteiger partial charge < -0.3 is 5.73 Å². The van der Waals surface area contributed by atoms with E-state index in [1.165, 1.54) is 4.68 Å². The molecule has 2 N–H and O–H groups in total. The normalized spacial score (nSPS) is 10.1. The van der Waals surface area contributed by atoms with E-state index in [-0.39, 0.29) is 0 Å². The Morgan fingerprint density at radius 3 is 2.75 bits per heavy atom. The number of aromatic nitrogens is 2. The molecule has 80 valence electrons. The predicted octanol–water partition coefficient (Wildman–Crippen LogP) is 2.19. The highest BCUT2D eigenvalue weighted by Gasteiger charge is 2.16. The number of nitrogens with two attached hydrogens (primary N) is 1. The summed E-state index contributed by atoms with van der Waals surface area (Å²) >= 11 is 6.05. The summed E-state index contributed by atoms with van der Waals surface area (Å²) < 4.78 is 1.47. The second kappa shape index (κ2) is 3.87. The van der Waals surface area contributed by atoms with Gasteiger partial charge in [-0.1, -0.05) is 29.8 Å². The van der Waals surface area contributed by atoms with Crippen molar-refractivity contribution >= 4 is 17.4 Å². The van der Waals surface area contributed by atoms with Crippen LogP contribution in [0.4, 0.5) is 5.82 Å². The van der Waals surface area contributed by atoms with E-state index < -0.39 is 0 Å². The number of nitriles is 1. The molecule has 0 aliphatic heterocycles. The lowest BCUT2D eigenvalue weighted by Crippen LogP contribution is -1.97. The van der Waals surface area contributed by atoms with Crippen molar-refractivity contribution in [2.24, 2.45) is 7.05 Å². The van der Waals surface area contributed by atoms with Crippen LogP contribution >= 0.6 is 11.6 Å². The van der Waals surface area contributed by atoms with E-state index in [1.54, 1.807) is 13.1 Å². The van der Waals surface area contributed by atoms with Gasteiger partial charge in [-0.15, -0.1) is 0 Å². The molecular formula is C11H9ClN4. The number of halogens is 1. The summed E-state index contributed by atoms with van der Waals surface area (Å²) in [4.78, 5) is 0. The standard InChI is InChI=1S/C11H9ClN4/c1-16-11(14)8(6-13)10(15-16)7-4-2-3-5-9(7)12/h2-5H,14H2,1H3. The highest BCUT2D eigenvalue weighted by Crippen LogP contribution is 2.31. The van der Waals surface area contributed by atoms with Crippen LogP contribution in [0.15, 0.2) is 24.3 Å². The highest BCUT2D eigenvalue weighted by molar-refractivity contribution is 6.33. The molecule has 0 bridgehead atoms. The zero-order valence-electron chi connectivity index (χ0n) is 8.61. The molecule has 4 nitrogen and oxygen atoms in total. The SMILES string of the molecule is Cn1nc(-c2ccccc2Cl)c(C#N)c1N. The molecule has 0 radical (unpaired) electrons. The molecule has 1 aromatic heterocycles. The molecule has 2 rings (SSSR count). The Bertz CT molecular complexity index is 580. The van der Waals surface area contributed by atoms with Gasteiger partial charge >= 0.3 is 0 Å². The van der Waals surface area contributed by atoms with Gasteiger partial charge in [0.2, 0.25) is 0 Å². The monoisotopic (exact) mass is 232 g/mol. The van der Waals surface area contributed by atoms with E-state index in [0.717, 1.165) is 0 Å². The molecule has 5 heteroatoms. The molecule has 0 amide bonds. The van der Waals surface area contributed by atoms with Crippen LogP contribution in [0.25, 0.3) is 11.3 Å². The van der Waals surface area contributed by atoms with Crippen LogP contribution in [0.2, 0.25) is 5.02 Å². The Hall–Kier alpha value is -1.99. The number of rotatable bonds is 1. The van der Waals surface area contributed by atoms with Gasteiger partial charge in [0.25, 0.3) is 0 Å². The predicted molar refractivity (Wildman–Crippen MR) is 62.8 cm³/mol. The minimum Gasteiger partial charge on any atom is -0.383 e. The van der Waals surface area contributed by atoms with Gasteiger partial charge in [-0.25, -0.2) is 0 Å². The first kappa shape index (κ1) is 10.5. The lowest BCUT2D eigenvalue weighted by atomic mass is 10.1. The van der Waals surface area contributed by atoms with Gasteiger partial charge in [0.05, 0.1) is 5.02 Å². The first-order valence-corrected chi connectivity index (χ1v) is 5.00. The van der Waals surface area contributed by atoms with E-state index in [0.29, 0.717) is 27.7 Å². The average Bonchev–Trinajstić information content (AvgIpc) is 2.56. The Kier molecular flexibility index (Phi) is 2.55. The van der Waals surface area contributed by atoms with Crippen molar-refractivity contribution in [1.29, 1.82) is 5.26 Å². The Morgan fingerprint density at radius 2 is 2.12 bits per heavy atom. The molecule has 0 aliphatic rings. The first-order valence-electron chi connectivity index (χ1n) is 4.62. The summed E-state index contributed by atoms with van der Waals surface area (Å²) in [5.41, 5.74) is 7.33. The van der Waals surface area contributed by atoms with Crippen LogP contribution in [-0.4, -0.2) is 9.78 Å². The molecule has 0 saturated carbocycles. The number of hydrogen-bond donors (Lipinski definition) is 1. The van der Waals surface area contributed by atoms with E-state index in [4.69, 9.17) is 22.6 Å². The van der Waals surface area contributed by atoms with Gasteiger partial charge in [0.1, 0.15) is 23.1 Å². The Labute approximate surface area is 97.9 Å². The number of nitrogen functional groups attached to an aromatic ring is 1. The number of benzene rings is 1. The van der Waals surface area contributed by atoms with Gasteiger partial charge in [-0.05, 0) is 6.07 Å². The quantitative estimate of drug-likeness (QED) is 0.820. The summed E-state index contributed by atoms with van der Waals surface area (Å²) in [5.74, 6) is 0.345. The zero-order chi connectivity index (χ0) is 11.7. The fraction of sp³-hybridized carbons (Fsp3) is 0.0909. The third-order valence-corrected chi connectivity index (χ3v) is 2.66. The summed E-state index contributed by atoms with van der Waals surface area (Å²) in [5, 5.41) is 13.8. The van der Waals surface area contributed by atoms with Gasteiger partial charge in [0.15, 0.2) is 0 Å². The fourth-order valence-electron chi connectivity index (χ4n) is 1.49. The lowest BCUT2D eigenvalue weighted by Gasteiger charge is -1.99. The Balaban J connectivity index is 2.71. The maximum absolute atomic E-state index is 9.04. The fourth-order valence-corrected chi connectivity index (χ4v) is 1.71. The summed E-state index contributed by atoms with van der Waals surface area (Å²) in [6.45, 7) is 0. The summed E-state index contributed by atoms with van der Waals surface area (Å²) in [6.07, 6.45) is 0. The first-order chi connectivity index (χ1) is 7.65. The van der Waals surface area contributed by atoms with E-state index in [1.807, 2.05) is 24.3 Å². The minimum atomic E-state index is 0.345. The molecule has 0 fully saturated rings. The smallest absolute Gasteiger partial charge is 0.140 e. The van der Waals surface area contributed by atoms with Crippen molar-refractivity contribution < 1.29 is 0 Å². The molecule has 16 heavy (non-hydrogen) atoms. The second-order valence-corrected chi connectivity index (χ2v) is 3.73. The molecular weight excluding hydrogens is 224 g/mol. The van der Waals surface area contributed by atoms with Crippen molar-refractivity contribution in [2.45, 2.75) is 0 Å². The number of nitrogens with zero attached hydrogens (tertiary/aromatic N) is 3. The van der Waals surface area contributed by atoms with Crippen LogP contribution in [0.5, 0.6) is 0 Å². The zero-order valence-corrected chi connectivity index (χ0v) is 9.36. The molecule has 0 saturated heterocycles. The minimum absolute atomic E-state index is 0.345. The van der Waals surface area contributed by atoms with E-state index in [2.05, 4.69) is 5.10 Å². The van der Waals surface area contributed by atoms with Crippen molar-refractivity contribution in [1.82, 2.24) is 9.78 Å². The van der Waals surface area contributed by atoms with Crippen molar-refractivity contribution in [3.8, 4) is 17.3 Å². The summed E-state index contributed by atoms with van der Waals surface area (Å²) in [6, 6.07) is 9.27. The molecule has 2 aromatic rings. The lowest BCUT2D eigenvalue weighted by molar-refractivity contribution is 0.782. The van der Waals surface area contributed by atoms with Crippen LogP contribution in [0.1, 0.15) is 5.56 Å². The third-order valence-electron chi connectivity index (χ3n) is 2.33.